The highest BCUT2D eigenvalue weighted by atomic mass is 79.9. The zero-order valence-electron chi connectivity index (χ0n) is 12.4. The van der Waals surface area contributed by atoms with Gasteiger partial charge in [-0.15, -0.1) is 0 Å². The molecule has 0 saturated heterocycles. The molecule has 0 radical (unpaired) electrons. The van der Waals surface area contributed by atoms with Gasteiger partial charge in [0.15, 0.2) is 6.61 Å². The van der Waals surface area contributed by atoms with Gasteiger partial charge in [-0.05, 0) is 61.3 Å². The van der Waals surface area contributed by atoms with Crippen molar-refractivity contribution in [3.63, 3.8) is 0 Å². The highest BCUT2D eigenvalue weighted by Crippen LogP contribution is 2.49. The lowest BCUT2D eigenvalue weighted by Gasteiger charge is -2.20. The molecule has 1 amide bonds. The predicted octanol–water partition coefficient (Wildman–Crippen LogP) is 3.76. The Balaban J connectivity index is 1.39. The van der Waals surface area contributed by atoms with Crippen molar-refractivity contribution in [3.05, 3.63) is 28.7 Å². The molecule has 3 rings (SSSR count). The van der Waals surface area contributed by atoms with Crippen LogP contribution in [0.25, 0.3) is 0 Å². The number of rotatable bonds is 5. The van der Waals surface area contributed by atoms with E-state index in [1.165, 1.54) is 19.3 Å². The molecule has 4 nitrogen and oxygen atoms in total. The fraction of sp³-hybridized carbons (Fsp3) is 0.529. The summed E-state index contributed by atoms with van der Waals surface area (Å²) in [5.74, 6) is 1.45. The average Bonchev–Trinajstić information content (AvgIpc) is 3.10. The minimum absolute atomic E-state index is 0.213. The van der Waals surface area contributed by atoms with Crippen molar-refractivity contribution >= 4 is 33.5 Å². The Morgan fingerprint density at radius 2 is 1.95 bits per heavy atom. The summed E-state index contributed by atoms with van der Waals surface area (Å²) in [4.78, 5) is 23.6. The third kappa shape index (κ3) is 3.88. The molecule has 2 aliphatic carbocycles. The quantitative estimate of drug-likeness (QED) is 0.808. The minimum atomic E-state index is -0.302. The lowest BCUT2D eigenvalue weighted by molar-refractivity contribution is -0.148. The third-order valence-corrected chi connectivity index (χ3v) is 5.33. The van der Waals surface area contributed by atoms with Crippen LogP contribution < -0.4 is 5.32 Å². The van der Waals surface area contributed by atoms with Gasteiger partial charge in [0.05, 0.1) is 0 Å². The first-order valence-electron chi connectivity index (χ1n) is 7.81. The van der Waals surface area contributed by atoms with Crippen molar-refractivity contribution in [3.8, 4) is 0 Å². The number of nitrogens with one attached hydrogen (secondary N) is 1. The van der Waals surface area contributed by atoms with Crippen LogP contribution in [-0.4, -0.2) is 18.5 Å². The fourth-order valence-corrected chi connectivity index (χ4v) is 4.04. The van der Waals surface area contributed by atoms with Crippen LogP contribution in [0.3, 0.4) is 0 Å². The topological polar surface area (TPSA) is 55.4 Å². The molecule has 0 aromatic heterocycles. The summed E-state index contributed by atoms with van der Waals surface area (Å²) in [7, 11) is 0. The fourth-order valence-electron chi connectivity index (χ4n) is 3.78. The van der Waals surface area contributed by atoms with Crippen LogP contribution in [0.4, 0.5) is 5.69 Å². The van der Waals surface area contributed by atoms with Gasteiger partial charge < -0.3 is 10.1 Å². The molecule has 1 aromatic rings. The van der Waals surface area contributed by atoms with Crippen LogP contribution in [-0.2, 0) is 14.3 Å². The number of anilines is 1. The number of carbonyl (C=O) groups is 2. The molecule has 1 aromatic carbocycles. The maximum Gasteiger partial charge on any atom is 0.306 e. The highest BCUT2D eigenvalue weighted by molar-refractivity contribution is 9.10. The van der Waals surface area contributed by atoms with Gasteiger partial charge in [-0.1, -0.05) is 22.4 Å². The molecule has 118 valence electrons. The van der Waals surface area contributed by atoms with Gasteiger partial charge in [0.25, 0.3) is 5.91 Å². The molecule has 1 N–H and O–H groups in total. The van der Waals surface area contributed by atoms with Gasteiger partial charge in [0.2, 0.25) is 0 Å². The van der Waals surface area contributed by atoms with E-state index in [0.717, 1.165) is 16.8 Å². The van der Waals surface area contributed by atoms with E-state index in [9.17, 15) is 9.59 Å². The predicted molar refractivity (Wildman–Crippen MR) is 87.3 cm³/mol. The molecule has 0 unspecified atom stereocenters. The number of amides is 1. The van der Waals surface area contributed by atoms with Crippen molar-refractivity contribution in [2.24, 2.45) is 17.8 Å². The Labute approximate surface area is 138 Å². The first kappa shape index (κ1) is 15.5. The number of ether oxygens (including phenoxy) is 1. The van der Waals surface area contributed by atoms with Gasteiger partial charge in [0.1, 0.15) is 0 Å². The number of benzene rings is 1. The summed E-state index contributed by atoms with van der Waals surface area (Å²) in [6.45, 7) is -0.213. The molecule has 2 bridgehead atoms. The number of fused-ring (bicyclic) bond motifs is 2. The van der Waals surface area contributed by atoms with Crippen LogP contribution in [0.1, 0.15) is 32.1 Å². The van der Waals surface area contributed by atoms with Crippen LogP contribution in [0.2, 0.25) is 0 Å². The van der Waals surface area contributed by atoms with E-state index in [1.54, 1.807) is 12.1 Å². The first-order valence-corrected chi connectivity index (χ1v) is 8.60. The zero-order valence-corrected chi connectivity index (χ0v) is 14.0. The van der Waals surface area contributed by atoms with E-state index in [2.05, 4.69) is 21.2 Å². The summed E-state index contributed by atoms with van der Waals surface area (Å²) >= 11 is 3.33. The van der Waals surface area contributed by atoms with E-state index < -0.39 is 0 Å². The van der Waals surface area contributed by atoms with Crippen molar-refractivity contribution in [1.29, 1.82) is 0 Å². The van der Waals surface area contributed by atoms with E-state index in [-0.39, 0.29) is 18.5 Å². The molecule has 0 spiro atoms. The Kier molecular flexibility index (Phi) is 4.81. The number of hydrogen-bond donors (Lipinski definition) is 1. The molecule has 5 heteroatoms. The van der Waals surface area contributed by atoms with Gasteiger partial charge in [-0.25, -0.2) is 0 Å². The molecule has 0 heterocycles. The second kappa shape index (κ2) is 6.82. The summed E-state index contributed by atoms with van der Waals surface area (Å²) in [5, 5.41) is 2.71. The van der Waals surface area contributed by atoms with Crippen molar-refractivity contribution < 1.29 is 14.3 Å². The maximum absolute atomic E-state index is 11.9. The Morgan fingerprint density at radius 3 is 2.59 bits per heavy atom. The van der Waals surface area contributed by atoms with Gasteiger partial charge in [-0.3, -0.25) is 9.59 Å². The third-order valence-electron chi connectivity index (χ3n) is 4.81. The Bertz CT molecular complexity index is 558. The van der Waals surface area contributed by atoms with E-state index >= 15 is 0 Å². The van der Waals surface area contributed by atoms with E-state index in [0.29, 0.717) is 23.9 Å². The molecule has 2 fully saturated rings. The van der Waals surface area contributed by atoms with Gasteiger partial charge >= 0.3 is 5.97 Å². The van der Waals surface area contributed by atoms with Crippen LogP contribution >= 0.6 is 15.9 Å². The van der Waals surface area contributed by atoms with Crippen molar-refractivity contribution in [1.82, 2.24) is 0 Å². The Hall–Kier alpha value is -1.36. The molecule has 2 aliphatic rings. The average molecular weight is 366 g/mol. The zero-order chi connectivity index (χ0) is 15.5. The van der Waals surface area contributed by atoms with Crippen molar-refractivity contribution in [2.75, 3.05) is 11.9 Å². The molecular weight excluding hydrogens is 346 g/mol. The first-order chi connectivity index (χ1) is 10.6. The molecule has 2 saturated carbocycles. The summed E-state index contributed by atoms with van der Waals surface area (Å²) in [5.41, 5.74) is 0.692. The molecular formula is C17H20BrNO3. The van der Waals surface area contributed by atoms with Gasteiger partial charge in [-0.2, -0.15) is 0 Å². The smallest absolute Gasteiger partial charge is 0.306 e. The van der Waals surface area contributed by atoms with Crippen molar-refractivity contribution in [2.45, 2.75) is 32.1 Å². The lowest BCUT2D eigenvalue weighted by Crippen LogP contribution is -2.23. The lowest BCUT2D eigenvalue weighted by atomic mass is 9.86. The number of esters is 1. The highest BCUT2D eigenvalue weighted by Gasteiger charge is 2.40. The van der Waals surface area contributed by atoms with Crippen LogP contribution in [0.5, 0.6) is 0 Å². The van der Waals surface area contributed by atoms with Crippen LogP contribution in [0, 0.1) is 17.8 Å². The van der Waals surface area contributed by atoms with Crippen LogP contribution in [0.15, 0.2) is 28.7 Å². The number of carbonyl (C=O) groups excluding carboxylic acids is 2. The summed E-state index contributed by atoms with van der Waals surface area (Å²) in [6.07, 6.45) is 5.48. The number of hydrogen-bond acceptors (Lipinski definition) is 3. The SMILES string of the molecule is O=C(COC(=O)C[C@@H]1C[C@H]2CC[C@H]1C2)Nc1ccc(Br)cc1. The summed E-state index contributed by atoms with van der Waals surface area (Å²) < 4.78 is 6.06. The Morgan fingerprint density at radius 1 is 1.18 bits per heavy atom. The second-order valence-electron chi connectivity index (χ2n) is 6.35. The van der Waals surface area contributed by atoms with Gasteiger partial charge in [0, 0.05) is 16.6 Å². The molecule has 3 atom stereocenters. The standard InChI is InChI=1S/C17H20BrNO3/c18-14-3-5-15(6-4-14)19-16(20)10-22-17(21)9-13-8-11-1-2-12(13)7-11/h3-6,11-13H,1-2,7-10H2,(H,19,20)/t11-,12-,13-/m0/s1. The number of halogens is 1. The monoisotopic (exact) mass is 365 g/mol. The maximum atomic E-state index is 11.9. The summed E-state index contributed by atoms with van der Waals surface area (Å²) in [6, 6.07) is 7.27. The largest absolute Gasteiger partial charge is 0.456 e. The van der Waals surface area contributed by atoms with E-state index in [1.807, 2.05) is 12.1 Å². The second-order valence-corrected chi connectivity index (χ2v) is 7.27. The molecule has 22 heavy (non-hydrogen) atoms. The molecule has 0 aliphatic heterocycles. The normalized spacial score (nSPS) is 26.0. The van der Waals surface area contributed by atoms with E-state index in [4.69, 9.17) is 4.74 Å². The minimum Gasteiger partial charge on any atom is -0.456 e.